The SMILES string of the molecule is COc1ccc(S(=O)(=O)N[C@H](CCSC)c2nnc3ccccn23)cc1OC. The van der Waals surface area contributed by atoms with Gasteiger partial charge in [0.1, 0.15) is 0 Å². The lowest BCUT2D eigenvalue weighted by Gasteiger charge is -2.18. The Morgan fingerprint density at radius 3 is 2.64 bits per heavy atom. The van der Waals surface area contributed by atoms with Crippen molar-refractivity contribution >= 4 is 27.4 Å². The van der Waals surface area contributed by atoms with Gasteiger partial charge < -0.3 is 9.47 Å². The van der Waals surface area contributed by atoms with Crippen molar-refractivity contribution in [2.24, 2.45) is 0 Å². The van der Waals surface area contributed by atoms with E-state index in [1.807, 2.05) is 30.7 Å². The van der Waals surface area contributed by atoms with Crippen LogP contribution < -0.4 is 14.2 Å². The summed E-state index contributed by atoms with van der Waals surface area (Å²) in [5.41, 5.74) is 0.664. The minimum Gasteiger partial charge on any atom is -0.493 e. The monoisotopic (exact) mass is 422 g/mol. The third-order valence-corrected chi connectivity index (χ3v) is 6.34. The second-order valence-corrected chi connectivity index (χ2v) is 8.66. The van der Waals surface area contributed by atoms with Crippen LogP contribution in [0.25, 0.3) is 5.65 Å². The highest BCUT2D eigenvalue weighted by Crippen LogP contribution is 2.30. The number of thioether (sulfide) groups is 1. The Bertz CT molecular complexity index is 1050. The van der Waals surface area contributed by atoms with E-state index in [0.29, 0.717) is 29.4 Å². The van der Waals surface area contributed by atoms with Gasteiger partial charge in [-0.2, -0.15) is 11.8 Å². The molecule has 0 unspecified atom stereocenters. The number of sulfonamides is 1. The summed E-state index contributed by atoms with van der Waals surface area (Å²) in [5.74, 6) is 2.12. The topological polar surface area (TPSA) is 94.8 Å². The van der Waals surface area contributed by atoms with E-state index in [1.165, 1.54) is 26.4 Å². The summed E-state index contributed by atoms with van der Waals surface area (Å²) < 4.78 is 41.0. The fourth-order valence-corrected chi connectivity index (χ4v) is 4.53. The van der Waals surface area contributed by atoms with Crippen LogP contribution in [0.5, 0.6) is 11.5 Å². The Kier molecular flexibility index (Phi) is 6.42. The standard InChI is InChI=1S/C18H22N4O4S2/c1-25-15-8-7-13(12-16(15)26-2)28(23,24)21-14(9-11-27-3)18-20-19-17-6-4-5-10-22(17)18/h4-8,10,12,14,21H,9,11H2,1-3H3/t14-/m1/s1. The quantitative estimate of drug-likeness (QED) is 0.566. The van der Waals surface area contributed by atoms with E-state index >= 15 is 0 Å². The summed E-state index contributed by atoms with van der Waals surface area (Å²) in [6.07, 6.45) is 4.37. The van der Waals surface area contributed by atoms with Gasteiger partial charge >= 0.3 is 0 Å². The third kappa shape index (κ3) is 4.23. The van der Waals surface area contributed by atoms with Gasteiger partial charge in [-0.3, -0.25) is 4.40 Å². The summed E-state index contributed by atoms with van der Waals surface area (Å²) >= 11 is 1.64. The molecule has 0 radical (unpaired) electrons. The highest BCUT2D eigenvalue weighted by Gasteiger charge is 2.26. The van der Waals surface area contributed by atoms with Crippen LogP contribution in [0, 0.1) is 0 Å². The summed E-state index contributed by atoms with van der Waals surface area (Å²) in [6, 6.07) is 9.50. The van der Waals surface area contributed by atoms with Gasteiger partial charge in [0.15, 0.2) is 23.0 Å². The molecule has 10 heteroatoms. The predicted molar refractivity (Wildman–Crippen MR) is 109 cm³/mol. The second kappa shape index (κ2) is 8.80. The Hall–Kier alpha value is -2.30. The summed E-state index contributed by atoms with van der Waals surface area (Å²) in [6.45, 7) is 0. The van der Waals surface area contributed by atoms with Crippen LogP contribution in [-0.2, 0) is 10.0 Å². The van der Waals surface area contributed by atoms with E-state index in [9.17, 15) is 8.42 Å². The van der Waals surface area contributed by atoms with Gasteiger partial charge in [0, 0.05) is 12.3 Å². The third-order valence-electron chi connectivity index (χ3n) is 4.23. The molecule has 0 aliphatic heterocycles. The molecular weight excluding hydrogens is 400 g/mol. The smallest absolute Gasteiger partial charge is 0.241 e. The molecule has 150 valence electrons. The number of methoxy groups -OCH3 is 2. The molecule has 0 spiro atoms. The van der Waals surface area contributed by atoms with E-state index in [0.717, 1.165) is 5.75 Å². The number of nitrogens with zero attached hydrogens (tertiary/aromatic N) is 3. The molecule has 1 N–H and O–H groups in total. The molecule has 0 fully saturated rings. The maximum absolute atomic E-state index is 13.0. The van der Waals surface area contributed by atoms with Crippen LogP contribution in [0.2, 0.25) is 0 Å². The molecule has 3 rings (SSSR count). The molecule has 0 amide bonds. The Labute approximate surface area is 168 Å². The lowest BCUT2D eigenvalue weighted by molar-refractivity contribution is 0.354. The van der Waals surface area contributed by atoms with E-state index < -0.39 is 16.1 Å². The van der Waals surface area contributed by atoms with Crippen molar-refractivity contribution in [3.8, 4) is 11.5 Å². The molecule has 0 saturated heterocycles. The molecule has 1 atom stereocenters. The van der Waals surface area contributed by atoms with Crippen molar-refractivity contribution in [2.75, 3.05) is 26.2 Å². The highest BCUT2D eigenvalue weighted by atomic mass is 32.2. The van der Waals surface area contributed by atoms with Crippen LogP contribution in [0.15, 0.2) is 47.5 Å². The number of nitrogens with one attached hydrogen (secondary N) is 1. The molecule has 8 nitrogen and oxygen atoms in total. The van der Waals surface area contributed by atoms with Crippen LogP contribution in [0.1, 0.15) is 18.3 Å². The predicted octanol–water partition coefficient (Wildman–Crippen LogP) is 2.52. The van der Waals surface area contributed by atoms with Crippen molar-refractivity contribution < 1.29 is 17.9 Å². The van der Waals surface area contributed by atoms with Gasteiger partial charge in [-0.05, 0) is 42.7 Å². The van der Waals surface area contributed by atoms with E-state index in [1.54, 1.807) is 22.2 Å². The lowest BCUT2D eigenvalue weighted by atomic mass is 10.2. The average molecular weight is 423 g/mol. The number of ether oxygens (including phenoxy) is 2. The van der Waals surface area contributed by atoms with Crippen LogP contribution in [0.4, 0.5) is 0 Å². The summed E-state index contributed by atoms with van der Waals surface area (Å²) in [7, 11) is -0.855. The van der Waals surface area contributed by atoms with Gasteiger partial charge in [-0.25, -0.2) is 13.1 Å². The zero-order valence-electron chi connectivity index (χ0n) is 15.8. The number of aromatic nitrogens is 3. The van der Waals surface area contributed by atoms with Crippen molar-refractivity contribution in [2.45, 2.75) is 17.4 Å². The van der Waals surface area contributed by atoms with Crippen LogP contribution in [-0.4, -0.2) is 49.2 Å². The number of fused-ring (bicyclic) bond motifs is 1. The van der Waals surface area contributed by atoms with Gasteiger partial charge in [-0.1, -0.05) is 6.07 Å². The number of hydrogen-bond acceptors (Lipinski definition) is 7. The molecule has 2 aromatic heterocycles. The first-order chi connectivity index (χ1) is 13.5. The molecule has 2 heterocycles. The Morgan fingerprint density at radius 1 is 1.14 bits per heavy atom. The van der Waals surface area contributed by atoms with E-state index in [2.05, 4.69) is 14.9 Å². The van der Waals surface area contributed by atoms with Gasteiger partial charge in [0.2, 0.25) is 10.0 Å². The molecule has 28 heavy (non-hydrogen) atoms. The van der Waals surface area contributed by atoms with Gasteiger partial charge in [-0.15, -0.1) is 10.2 Å². The number of benzene rings is 1. The molecular formula is C18H22N4O4S2. The fraction of sp³-hybridized carbons (Fsp3) is 0.333. The first-order valence-electron chi connectivity index (χ1n) is 8.53. The average Bonchev–Trinajstić information content (AvgIpc) is 3.14. The first kappa shape index (κ1) is 20.4. The molecule has 0 aliphatic rings. The van der Waals surface area contributed by atoms with Gasteiger partial charge in [0.05, 0.1) is 25.2 Å². The van der Waals surface area contributed by atoms with Crippen molar-refractivity contribution in [1.82, 2.24) is 19.3 Å². The Morgan fingerprint density at radius 2 is 1.93 bits per heavy atom. The minimum absolute atomic E-state index is 0.0909. The van der Waals surface area contributed by atoms with Crippen molar-refractivity contribution in [1.29, 1.82) is 0 Å². The highest BCUT2D eigenvalue weighted by molar-refractivity contribution is 7.98. The lowest BCUT2D eigenvalue weighted by Crippen LogP contribution is -2.30. The maximum atomic E-state index is 13.0. The number of pyridine rings is 1. The zero-order valence-corrected chi connectivity index (χ0v) is 17.5. The molecule has 3 aromatic rings. The minimum atomic E-state index is -3.82. The summed E-state index contributed by atoms with van der Waals surface area (Å²) in [5, 5.41) is 8.35. The van der Waals surface area contributed by atoms with E-state index in [-0.39, 0.29) is 4.90 Å². The van der Waals surface area contributed by atoms with Crippen molar-refractivity contribution in [3.05, 3.63) is 48.4 Å². The molecule has 0 saturated carbocycles. The second-order valence-electron chi connectivity index (χ2n) is 5.96. The maximum Gasteiger partial charge on any atom is 0.241 e. The fourth-order valence-electron chi connectivity index (χ4n) is 2.81. The zero-order chi connectivity index (χ0) is 20.1. The molecule has 1 aromatic carbocycles. The van der Waals surface area contributed by atoms with E-state index in [4.69, 9.17) is 9.47 Å². The van der Waals surface area contributed by atoms with Crippen LogP contribution >= 0.6 is 11.8 Å². The molecule has 0 bridgehead atoms. The van der Waals surface area contributed by atoms with Crippen LogP contribution in [0.3, 0.4) is 0 Å². The van der Waals surface area contributed by atoms with Gasteiger partial charge in [0.25, 0.3) is 0 Å². The Balaban J connectivity index is 1.96. The number of hydrogen-bond donors (Lipinski definition) is 1. The largest absolute Gasteiger partial charge is 0.493 e. The molecule has 0 aliphatic carbocycles. The normalized spacial score (nSPS) is 12.8. The summed E-state index contributed by atoms with van der Waals surface area (Å²) in [4.78, 5) is 0.0909. The number of rotatable bonds is 9. The van der Waals surface area contributed by atoms with Crippen molar-refractivity contribution in [3.63, 3.8) is 0 Å². The first-order valence-corrected chi connectivity index (χ1v) is 11.4.